The third-order valence-electron chi connectivity index (χ3n) is 3.55. The standard InChI is InChI=1S/C16H21ClN2O2/c1-4-19(3)10-18-15-8-14(17)13(7-11(15)2)16(20)21-9-12-5-6-12/h7-8,10,12H,4-6,9H2,1-3H3/b18-10+. The number of hydrogen-bond acceptors (Lipinski definition) is 3. The Morgan fingerprint density at radius 2 is 2.24 bits per heavy atom. The summed E-state index contributed by atoms with van der Waals surface area (Å²) in [4.78, 5) is 18.4. The van der Waals surface area contributed by atoms with E-state index in [2.05, 4.69) is 4.99 Å². The van der Waals surface area contributed by atoms with Crippen molar-refractivity contribution in [3.05, 3.63) is 28.3 Å². The van der Waals surface area contributed by atoms with Crippen LogP contribution in [0.3, 0.4) is 0 Å². The third kappa shape index (κ3) is 4.46. The van der Waals surface area contributed by atoms with Gasteiger partial charge >= 0.3 is 5.97 Å². The second kappa shape index (κ2) is 6.94. The number of aryl methyl sites for hydroxylation is 1. The Bertz CT molecular complexity index is 553. The SMILES string of the molecule is CCN(C)/C=N/c1cc(Cl)c(C(=O)OCC2CC2)cc1C. The monoisotopic (exact) mass is 308 g/mol. The smallest absolute Gasteiger partial charge is 0.339 e. The lowest BCUT2D eigenvalue weighted by Gasteiger charge is -2.11. The van der Waals surface area contributed by atoms with E-state index in [1.165, 1.54) is 0 Å². The highest BCUT2D eigenvalue weighted by Crippen LogP contribution is 2.31. The van der Waals surface area contributed by atoms with Gasteiger partial charge in [0.2, 0.25) is 0 Å². The molecule has 0 N–H and O–H groups in total. The first-order valence-corrected chi connectivity index (χ1v) is 7.60. The van der Waals surface area contributed by atoms with Crippen LogP contribution in [0.25, 0.3) is 0 Å². The Labute approximate surface area is 130 Å². The molecule has 1 fully saturated rings. The maximum atomic E-state index is 12.0. The molecule has 4 nitrogen and oxygen atoms in total. The molecule has 1 aromatic rings. The molecule has 0 aliphatic heterocycles. The molecule has 1 aliphatic rings. The molecule has 0 radical (unpaired) electrons. The maximum Gasteiger partial charge on any atom is 0.339 e. The van der Waals surface area contributed by atoms with Crippen LogP contribution < -0.4 is 0 Å². The van der Waals surface area contributed by atoms with Gasteiger partial charge in [0.1, 0.15) is 0 Å². The molecule has 0 saturated heterocycles. The fraction of sp³-hybridized carbons (Fsp3) is 0.500. The van der Waals surface area contributed by atoms with Crippen LogP contribution in [0.5, 0.6) is 0 Å². The number of carbonyl (C=O) groups is 1. The molecule has 21 heavy (non-hydrogen) atoms. The first-order valence-electron chi connectivity index (χ1n) is 7.23. The number of rotatable bonds is 6. The molecule has 1 aliphatic carbocycles. The minimum absolute atomic E-state index is 0.351. The molecule has 0 aromatic heterocycles. The van der Waals surface area contributed by atoms with Gasteiger partial charge in [-0.25, -0.2) is 9.79 Å². The van der Waals surface area contributed by atoms with Crippen molar-refractivity contribution in [3.8, 4) is 0 Å². The van der Waals surface area contributed by atoms with E-state index >= 15 is 0 Å². The highest BCUT2D eigenvalue weighted by molar-refractivity contribution is 6.33. The highest BCUT2D eigenvalue weighted by atomic mass is 35.5. The Hall–Kier alpha value is -1.55. The molecule has 1 aromatic carbocycles. The van der Waals surface area contributed by atoms with E-state index in [9.17, 15) is 4.79 Å². The predicted octanol–water partition coefficient (Wildman–Crippen LogP) is 3.83. The molecule has 0 bridgehead atoms. The summed E-state index contributed by atoms with van der Waals surface area (Å²) < 4.78 is 5.27. The second-order valence-electron chi connectivity index (χ2n) is 5.48. The molecule has 114 valence electrons. The summed E-state index contributed by atoms with van der Waals surface area (Å²) >= 11 is 6.19. The van der Waals surface area contributed by atoms with Gasteiger partial charge in [-0.15, -0.1) is 0 Å². The topological polar surface area (TPSA) is 41.9 Å². The van der Waals surface area contributed by atoms with Crippen molar-refractivity contribution >= 4 is 29.6 Å². The summed E-state index contributed by atoms with van der Waals surface area (Å²) in [6.45, 7) is 5.33. The number of aliphatic imine (C=N–C) groups is 1. The fourth-order valence-corrected chi connectivity index (χ4v) is 2.00. The quantitative estimate of drug-likeness (QED) is 0.456. The molecule has 1 saturated carbocycles. The van der Waals surface area contributed by atoms with Crippen molar-refractivity contribution in [1.29, 1.82) is 0 Å². The van der Waals surface area contributed by atoms with E-state index in [4.69, 9.17) is 16.3 Å². The van der Waals surface area contributed by atoms with Crippen molar-refractivity contribution in [2.45, 2.75) is 26.7 Å². The van der Waals surface area contributed by atoms with Gasteiger partial charge < -0.3 is 9.64 Å². The number of ether oxygens (including phenoxy) is 1. The first-order chi connectivity index (χ1) is 10.0. The van der Waals surface area contributed by atoms with Crippen LogP contribution in [0.4, 0.5) is 5.69 Å². The number of nitrogens with zero attached hydrogens (tertiary/aromatic N) is 2. The first kappa shape index (κ1) is 15.8. The van der Waals surface area contributed by atoms with Crippen LogP contribution >= 0.6 is 11.6 Å². The van der Waals surface area contributed by atoms with Gasteiger partial charge in [0.25, 0.3) is 0 Å². The Kier molecular flexibility index (Phi) is 5.23. The lowest BCUT2D eigenvalue weighted by atomic mass is 10.1. The van der Waals surface area contributed by atoms with Crippen LogP contribution in [0, 0.1) is 12.8 Å². The lowest BCUT2D eigenvalue weighted by Crippen LogP contribution is -2.14. The molecule has 2 rings (SSSR count). The Morgan fingerprint density at radius 3 is 2.86 bits per heavy atom. The summed E-state index contributed by atoms with van der Waals surface area (Å²) in [6, 6.07) is 3.46. The van der Waals surface area contributed by atoms with Gasteiger partial charge in [0, 0.05) is 13.6 Å². The summed E-state index contributed by atoms with van der Waals surface area (Å²) in [5, 5.41) is 0.382. The lowest BCUT2D eigenvalue weighted by molar-refractivity contribution is 0.0486. The summed E-state index contributed by atoms with van der Waals surface area (Å²) in [7, 11) is 1.95. The average molecular weight is 309 g/mol. The van der Waals surface area contributed by atoms with Crippen LogP contribution in [0.2, 0.25) is 5.02 Å². The minimum Gasteiger partial charge on any atom is -0.462 e. The van der Waals surface area contributed by atoms with Crippen LogP contribution in [-0.2, 0) is 4.74 Å². The molecule has 0 spiro atoms. The molecule has 0 unspecified atom stereocenters. The van der Waals surface area contributed by atoms with Gasteiger partial charge in [-0.2, -0.15) is 0 Å². The molecule has 0 amide bonds. The maximum absolute atomic E-state index is 12.0. The summed E-state index contributed by atoms with van der Waals surface area (Å²) in [5.74, 6) is 0.193. The summed E-state index contributed by atoms with van der Waals surface area (Å²) in [5.41, 5.74) is 2.08. The van der Waals surface area contributed by atoms with E-state index in [-0.39, 0.29) is 5.97 Å². The Morgan fingerprint density at radius 1 is 1.52 bits per heavy atom. The number of benzene rings is 1. The second-order valence-corrected chi connectivity index (χ2v) is 5.89. The zero-order valence-corrected chi connectivity index (χ0v) is 13.5. The van der Waals surface area contributed by atoms with Crippen LogP contribution in [0.15, 0.2) is 17.1 Å². The summed E-state index contributed by atoms with van der Waals surface area (Å²) in [6.07, 6.45) is 4.06. The molecule has 0 atom stereocenters. The van der Waals surface area contributed by atoms with Crippen molar-refractivity contribution in [1.82, 2.24) is 4.90 Å². The third-order valence-corrected chi connectivity index (χ3v) is 3.86. The Balaban J connectivity index is 2.11. The molecule has 0 heterocycles. The van der Waals surface area contributed by atoms with Gasteiger partial charge in [-0.05, 0) is 50.3 Å². The van der Waals surface area contributed by atoms with Crippen molar-refractivity contribution < 1.29 is 9.53 Å². The largest absolute Gasteiger partial charge is 0.462 e. The average Bonchev–Trinajstić information content (AvgIpc) is 3.29. The number of carbonyl (C=O) groups excluding carboxylic acids is 1. The fourth-order valence-electron chi connectivity index (χ4n) is 1.76. The van der Waals surface area contributed by atoms with Gasteiger partial charge in [-0.1, -0.05) is 11.6 Å². The van der Waals surface area contributed by atoms with Crippen LogP contribution in [0.1, 0.15) is 35.7 Å². The number of halogens is 1. The number of hydrogen-bond donors (Lipinski definition) is 0. The van der Waals surface area contributed by atoms with E-state index in [1.807, 2.05) is 25.8 Å². The van der Waals surface area contributed by atoms with Crippen molar-refractivity contribution in [3.63, 3.8) is 0 Å². The van der Waals surface area contributed by atoms with Gasteiger partial charge in [0.05, 0.1) is 29.2 Å². The molecular weight excluding hydrogens is 288 g/mol. The van der Waals surface area contributed by atoms with Crippen molar-refractivity contribution in [2.75, 3.05) is 20.2 Å². The van der Waals surface area contributed by atoms with E-state index in [0.717, 1.165) is 30.6 Å². The zero-order valence-electron chi connectivity index (χ0n) is 12.7. The molecular formula is C16H21ClN2O2. The van der Waals surface area contributed by atoms with E-state index < -0.39 is 0 Å². The zero-order chi connectivity index (χ0) is 15.4. The normalized spacial score (nSPS) is 14.5. The highest BCUT2D eigenvalue weighted by Gasteiger charge is 2.24. The minimum atomic E-state index is -0.351. The molecule has 5 heteroatoms. The van der Waals surface area contributed by atoms with Crippen molar-refractivity contribution in [2.24, 2.45) is 10.9 Å². The van der Waals surface area contributed by atoms with Gasteiger partial charge in [0.15, 0.2) is 0 Å². The van der Waals surface area contributed by atoms with E-state index in [0.29, 0.717) is 23.1 Å². The van der Waals surface area contributed by atoms with Crippen LogP contribution in [-0.4, -0.2) is 37.4 Å². The predicted molar refractivity (Wildman–Crippen MR) is 85.7 cm³/mol. The van der Waals surface area contributed by atoms with Gasteiger partial charge in [-0.3, -0.25) is 0 Å². The van der Waals surface area contributed by atoms with E-state index in [1.54, 1.807) is 18.5 Å². The number of esters is 1.